The Hall–Kier alpha value is -6.36. The van der Waals surface area contributed by atoms with Crippen molar-refractivity contribution in [3.63, 3.8) is 0 Å². The van der Waals surface area contributed by atoms with Gasteiger partial charge in [-0.25, -0.2) is 9.80 Å². The summed E-state index contributed by atoms with van der Waals surface area (Å²) in [4.78, 5) is 87.0. The number of imide groups is 3. The second-order valence-corrected chi connectivity index (χ2v) is 13.4. The summed E-state index contributed by atoms with van der Waals surface area (Å²) in [6, 6.07) is 19.3. The van der Waals surface area contributed by atoms with E-state index in [0.717, 1.165) is 47.3 Å². The Kier molecular flexibility index (Phi) is 8.28. The zero-order valence-electron chi connectivity index (χ0n) is 29.5. The largest absolute Gasteiger partial charge is 0.494 e. The summed E-state index contributed by atoms with van der Waals surface area (Å²) in [5.41, 5.74) is 1.52. The van der Waals surface area contributed by atoms with Gasteiger partial charge >= 0.3 is 0 Å². The van der Waals surface area contributed by atoms with E-state index in [1.165, 1.54) is 55.5 Å². The number of nitrogens with zero attached hydrogens (tertiary/aromatic N) is 3. The van der Waals surface area contributed by atoms with Gasteiger partial charge in [0.1, 0.15) is 11.5 Å². The number of hydrogen-bond donors (Lipinski definition) is 0. The molecule has 3 aliphatic rings. The average Bonchev–Trinajstić information content (AvgIpc) is 3.17. The average molecular weight is 710 g/mol. The number of unbranched alkanes of at least 4 members (excludes halogenated alkanes) is 5. The molecule has 0 fully saturated rings. The van der Waals surface area contributed by atoms with Gasteiger partial charge < -0.3 is 9.47 Å². The smallest absolute Gasteiger partial charge is 0.266 e. The van der Waals surface area contributed by atoms with Crippen molar-refractivity contribution in [1.29, 1.82) is 0 Å². The zero-order chi connectivity index (χ0) is 37.1. The van der Waals surface area contributed by atoms with E-state index in [-0.39, 0.29) is 62.4 Å². The summed E-state index contributed by atoms with van der Waals surface area (Å²) in [6.07, 6.45) is 6.01. The minimum Gasteiger partial charge on any atom is -0.494 e. The Balaban J connectivity index is 1.17. The third-order valence-corrected chi connectivity index (χ3v) is 10.4. The molecule has 0 spiro atoms. The van der Waals surface area contributed by atoms with E-state index in [4.69, 9.17) is 9.47 Å². The molecule has 0 N–H and O–H groups in total. The maximum Gasteiger partial charge on any atom is 0.266 e. The van der Waals surface area contributed by atoms with Crippen molar-refractivity contribution in [2.45, 2.75) is 45.4 Å². The van der Waals surface area contributed by atoms with Crippen LogP contribution >= 0.6 is 0 Å². The van der Waals surface area contributed by atoms with Crippen molar-refractivity contribution >= 4 is 68.4 Å². The molecule has 3 aliphatic heterocycles. The predicted molar refractivity (Wildman–Crippen MR) is 198 cm³/mol. The summed E-state index contributed by atoms with van der Waals surface area (Å²) >= 11 is 0. The van der Waals surface area contributed by atoms with Crippen molar-refractivity contribution in [2.24, 2.45) is 0 Å². The van der Waals surface area contributed by atoms with Crippen molar-refractivity contribution < 1.29 is 38.2 Å². The molecule has 5 aromatic rings. The Morgan fingerprint density at radius 1 is 0.472 bits per heavy atom. The van der Waals surface area contributed by atoms with E-state index in [1.54, 1.807) is 24.3 Å². The van der Waals surface area contributed by atoms with Crippen LogP contribution in [-0.2, 0) is 0 Å². The van der Waals surface area contributed by atoms with E-state index in [2.05, 4.69) is 6.92 Å². The first-order valence-electron chi connectivity index (χ1n) is 17.7. The first-order valence-corrected chi connectivity index (χ1v) is 17.7. The van der Waals surface area contributed by atoms with Gasteiger partial charge in [0.05, 0.1) is 25.6 Å². The molecule has 11 heteroatoms. The number of ether oxygens (including phenoxy) is 2. The molecule has 5 aromatic carbocycles. The van der Waals surface area contributed by atoms with Crippen LogP contribution in [0, 0.1) is 0 Å². The number of carbonyl (C=O) groups is 6. The number of hydrogen-bond acceptors (Lipinski definition) is 8. The monoisotopic (exact) mass is 709 g/mol. The highest BCUT2D eigenvalue weighted by molar-refractivity contribution is 6.40. The highest BCUT2D eigenvalue weighted by atomic mass is 16.5. The van der Waals surface area contributed by atoms with Gasteiger partial charge in [-0.1, -0.05) is 63.3 Å². The molecule has 0 saturated heterocycles. The molecule has 0 aliphatic carbocycles. The second kappa shape index (κ2) is 13.0. The van der Waals surface area contributed by atoms with Gasteiger partial charge in [-0.2, -0.15) is 0 Å². The fraction of sp³-hybridized carbons (Fsp3) is 0.238. The summed E-state index contributed by atoms with van der Waals surface area (Å²) in [7, 11) is 2.70. The first kappa shape index (κ1) is 33.8. The van der Waals surface area contributed by atoms with Gasteiger partial charge in [0.2, 0.25) is 0 Å². The lowest BCUT2D eigenvalue weighted by molar-refractivity contribution is 0.0605. The van der Waals surface area contributed by atoms with E-state index >= 15 is 0 Å². The van der Waals surface area contributed by atoms with E-state index < -0.39 is 35.4 Å². The molecule has 266 valence electrons. The first-order chi connectivity index (χ1) is 25.7. The Morgan fingerprint density at radius 3 is 1.30 bits per heavy atom. The third-order valence-electron chi connectivity index (χ3n) is 10.4. The SMILES string of the molecule is CCCCCCCCN1C(=O)c2ccc3c4c(ccc(c24)C1=O)C(=O)N(c1cc(OC)c(N2C(=O)c4cccc5cccc(c45)C2=O)cc1OC)C3=O. The molecule has 53 heavy (non-hydrogen) atoms. The van der Waals surface area contributed by atoms with Gasteiger partial charge in [-0.3, -0.25) is 33.7 Å². The topological polar surface area (TPSA) is 131 Å². The van der Waals surface area contributed by atoms with Crippen LogP contribution in [0.5, 0.6) is 11.5 Å². The number of rotatable bonds is 11. The molecule has 0 unspecified atom stereocenters. The molecule has 0 radical (unpaired) electrons. The molecule has 0 saturated carbocycles. The van der Waals surface area contributed by atoms with Crippen molar-refractivity contribution in [3.8, 4) is 11.5 Å². The summed E-state index contributed by atoms with van der Waals surface area (Å²) in [5, 5.41) is 1.84. The lowest BCUT2D eigenvalue weighted by Crippen LogP contribution is -2.44. The van der Waals surface area contributed by atoms with E-state index in [1.807, 2.05) is 12.1 Å². The standard InChI is InChI=1S/C42H35N3O8/c1-4-5-6-7-8-9-20-43-37(46)26-16-18-28-36-29(19-17-27(35(26)36)38(43)47)42(51)45(41(28)50)31-22-32(52-2)30(21-33(31)53-3)44-39(48)24-14-10-12-23-13-11-15-25(34(23)24)40(44)49/h10-19,21-22H,4-9,20H2,1-3H3. The van der Waals surface area contributed by atoms with Crippen LogP contribution in [0.2, 0.25) is 0 Å². The predicted octanol–water partition coefficient (Wildman–Crippen LogP) is 7.57. The van der Waals surface area contributed by atoms with Crippen LogP contribution < -0.4 is 19.3 Å². The van der Waals surface area contributed by atoms with Gasteiger partial charge in [-0.15, -0.1) is 0 Å². The van der Waals surface area contributed by atoms with Crippen molar-refractivity contribution in [1.82, 2.24) is 4.90 Å². The minimum atomic E-state index is -0.709. The molecule has 0 bridgehead atoms. The van der Waals surface area contributed by atoms with Crippen LogP contribution in [0.25, 0.3) is 21.5 Å². The van der Waals surface area contributed by atoms with E-state index in [0.29, 0.717) is 22.9 Å². The molecule has 3 heterocycles. The Labute approximate surface area is 304 Å². The maximum atomic E-state index is 14.3. The number of methoxy groups -OCH3 is 2. The van der Waals surface area contributed by atoms with Gasteiger partial charge in [-0.05, 0) is 48.2 Å². The van der Waals surface area contributed by atoms with Crippen LogP contribution in [0.3, 0.4) is 0 Å². The lowest BCUT2D eigenvalue weighted by Gasteiger charge is -2.33. The second-order valence-electron chi connectivity index (χ2n) is 13.4. The number of amides is 6. The van der Waals surface area contributed by atoms with Crippen LogP contribution in [0.4, 0.5) is 11.4 Å². The van der Waals surface area contributed by atoms with Gasteiger partial charge in [0.25, 0.3) is 35.4 Å². The van der Waals surface area contributed by atoms with Crippen LogP contribution in [-0.4, -0.2) is 61.1 Å². The summed E-state index contributed by atoms with van der Waals surface area (Å²) in [6.45, 7) is 2.43. The molecule has 8 rings (SSSR count). The van der Waals surface area contributed by atoms with Gasteiger partial charge in [0, 0.05) is 68.2 Å². The fourth-order valence-corrected chi connectivity index (χ4v) is 7.86. The van der Waals surface area contributed by atoms with Crippen molar-refractivity contribution in [3.05, 3.63) is 106 Å². The maximum absolute atomic E-state index is 14.3. The summed E-state index contributed by atoms with van der Waals surface area (Å²) in [5.74, 6) is -3.41. The van der Waals surface area contributed by atoms with Crippen LogP contribution in [0.15, 0.2) is 72.8 Å². The fourth-order valence-electron chi connectivity index (χ4n) is 7.86. The number of benzene rings is 5. The molecule has 0 atom stereocenters. The highest BCUT2D eigenvalue weighted by Gasteiger charge is 2.42. The molecular weight excluding hydrogens is 674 g/mol. The molecular formula is C42H35N3O8. The van der Waals surface area contributed by atoms with Crippen molar-refractivity contribution in [2.75, 3.05) is 30.6 Å². The van der Waals surface area contributed by atoms with Crippen LogP contribution in [0.1, 0.15) is 108 Å². The number of carbonyl (C=O) groups excluding carboxylic acids is 6. The minimum absolute atomic E-state index is 0.0128. The zero-order valence-corrected chi connectivity index (χ0v) is 29.5. The Bertz CT molecular complexity index is 2350. The highest BCUT2D eigenvalue weighted by Crippen LogP contribution is 2.46. The summed E-state index contributed by atoms with van der Waals surface area (Å²) < 4.78 is 11.4. The quantitative estimate of drug-likeness (QED) is 0.101. The molecule has 6 amide bonds. The number of anilines is 2. The Morgan fingerprint density at radius 2 is 0.868 bits per heavy atom. The third kappa shape index (κ3) is 5.02. The lowest BCUT2D eigenvalue weighted by atomic mass is 9.85. The van der Waals surface area contributed by atoms with Gasteiger partial charge in [0.15, 0.2) is 0 Å². The molecule has 11 nitrogen and oxygen atoms in total. The normalized spacial score (nSPS) is 15.0. The molecule has 0 aromatic heterocycles. The van der Waals surface area contributed by atoms with E-state index in [9.17, 15) is 28.8 Å².